The number of nitrogens with zero attached hydrogens (tertiary/aromatic N) is 1. The van der Waals surface area contributed by atoms with Gasteiger partial charge in [-0.05, 0) is 62.8 Å². The smallest absolute Gasteiger partial charge is 0.251 e. The zero-order chi connectivity index (χ0) is 22.4. The van der Waals surface area contributed by atoms with Crippen LogP contribution in [-0.4, -0.2) is 37.6 Å². The number of fused-ring (bicyclic) bond motifs is 1. The van der Waals surface area contributed by atoms with E-state index in [1.54, 1.807) is 7.05 Å². The monoisotopic (exact) mass is 562 g/mol. The summed E-state index contributed by atoms with van der Waals surface area (Å²) in [6.45, 7) is 3.52. The van der Waals surface area contributed by atoms with E-state index < -0.39 is 0 Å². The Hall–Kier alpha value is -2.29. The third kappa shape index (κ3) is 6.19. The summed E-state index contributed by atoms with van der Waals surface area (Å²) in [5.41, 5.74) is 2.93. The van der Waals surface area contributed by atoms with Crippen molar-refractivity contribution in [3.63, 3.8) is 0 Å². The molecule has 1 unspecified atom stereocenters. The fraction of sp³-hybridized carbons (Fsp3) is 0.462. The lowest BCUT2D eigenvalue weighted by Crippen LogP contribution is -2.46. The number of rotatable bonds is 6. The molecule has 4 rings (SSSR count). The number of ether oxygens (including phenoxy) is 1. The maximum Gasteiger partial charge on any atom is 0.251 e. The lowest BCUT2D eigenvalue weighted by atomic mass is 9.86. The van der Waals surface area contributed by atoms with Gasteiger partial charge in [-0.25, -0.2) is 0 Å². The van der Waals surface area contributed by atoms with Crippen molar-refractivity contribution in [1.29, 1.82) is 0 Å². The van der Waals surface area contributed by atoms with Crippen molar-refractivity contribution in [2.24, 2.45) is 4.99 Å². The third-order valence-corrected chi connectivity index (χ3v) is 6.45. The van der Waals surface area contributed by atoms with Gasteiger partial charge in [0.2, 0.25) is 0 Å². The molecule has 7 heteroatoms. The minimum absolute atomic E-state index is 0. The topological polar surface area (TPSA) is 74.8 Å². The Balaban J connectivity index is 0.00000306. The van der Waals surface area contributed by atoms with Crippen LogP contribution in [0.4, 0.5) is 0 Å². The van der Waals surface area contributed by atoms with Crippen LogP contribution in [0.2, 0.25) is 0 Å². The highest BCUT2D eigenvalue weighted by Gasteiger charge is 2.43. The van der Waals surface area contributed by atoms with E-state index in [4.69, 9.17) is 9.73 Å². The molecule has 2 aliphatic rings. The van der Waals surface area contributed by atoms with Crippen molar-refractivity contribution in [3.05, 3.63) is 65.2 Å². The summed E-state index contributed by atoms with van der Waals surface area (Å²) in [7, 11) is 1.65. The van der Waals surface area contributed by atoms with Gasteiger partial charge in [0, 0.05) is 37.7 Å². The first kappa shape index (κ1) is 25.3. The molecular weight excluding hydrogens is 527 g/mol. The van der Waals surface area contributed by atoms with Gasteiger partial charge >= 0.3 is 0 Å². The van der Waals surface area contributed by atoms with Gasteiger partial charge in [-0.3, -0.25) is 9.79 Å². The summed E-state index contributed by atoms with van der Waals surface area (Å²) in [6, 6.07) is 16.3. The predicted molar refractivity (Wildman–Crippen MR) is 144 cm³/mol. The second-order valence-corrected chi connectivity index (χ2v) is 8.72. The Kier molecular flexibility index (Phi) is 9.00. The highest BCUT2D eigenvalue weighted by atomic mass is 127. The number of amides is 1. The van der Waals surface area contributed by atoms with Gasteiger partial charge in [0.25, 0.3) is 5.91 Å². The van der Waals surface area contributed by atoms with E-state index >= 15 is 0 Å². The van der Waals surface area contributed by atoms with Crippen LogP contribution in [0.1, 0.15) is 66.6 Å². The number of aliphatic imine (C=N–C) groups is 1. The van der Waals surface area contributed by atoms with Gasteiger partial charge < -0.3 is 20.7 Å². The molecule has 1 aliphatic heterocycles. The molecule has 2 aromatic rings. The number of halogens is 1. The van der Waals surface area contributed by atoms with E-state index in [1.807, 2.05) is 24.3 Å². The Bertz CT molecular complexity index is 972. The summed E-state index contributed by atoms with van der Waals surface area (Å²) in [5, 5.41) is 9.76. The van der Waals surface area contributed by atoms with Crippen LogP contribution in [0.5, 0.6) is 5.75 Å². The van der Waals surface area contributed by atoms with E-state index in [1.165, 1.54) is 18.4 Å². The van der Waals surface area contributed by atoms with E-state index in [-0.39, 0.29) is 41.5 Å². The third-order valence-electron chi connectivity index (χ3n) is 6.45. The van der Waals surface area contributed by atoms with Crippen molar-refractivity contribution >= 4 is 35.8 Å². The zero-order valence-corrected chi connectivity index (χ0v) is 21.9. The van der Waals surface area contributed by atoms with Crippen LogP contribution in [0.25, 0.3) is 0 Å². The fourth-order valence-corrected chi connectivity index (χ4v) is 4.87. The molecule has 0 radical (unpaired) electrons. The molecule has 0 aromatic heterocycles. The Labute approximate surface area is 214 Å². The minimum Gasteiger partial charge on any atom is -0.487 e. The van der Waals surface area contributed by atoms with Gasteiger partial charge in [0.05, 0.1) is 6.04 Å². The molecular formula is C26H35IN4O2. The Morgan fingerprint density at radius 3 is 2.70 bits per heavy atom. The second kappa shape index (κ2) is 11.7. The molecule has 1 atom stereocenters. The van der Waals surface area contributed by atoms with E-state index in [2.05, 4.69) is 47.1 Å². The number of nitrogens with one attached hydrogen (secondary N) is 3. The van der Waals surface area contributed by atoms with Crippen molar-refractivity contribution in [1.82, 2.24) is 16.0 Å². The minimum atomic E-state index is -0.0654. The normalized spacial score (nSPS) is 18.6. The quantitative estimate of drug-likeness (QED) is 0.274. The molecule has 1 heterocycles. The summed E-state index contributed by atoms with van der Waals surface area (Å²) >= 11 is 0. The Morgan fingerprint density at radius 1 is 1.15 bits per heavy atom. The maximum absolute atomic E-state index is 11.9. The summed E-state index contributed by atoms with van der Waals surface area (Å²) in [6.07, 6.45) is 6.44. The first-order valence-electron chi connectivity index (χ1n) is 11.8. The molecule has 1 fully saturated rings. The van der Waals surface area contributed by atoms with Gasteiger partial charge in [-0.2, -0.15) is 0 Å². The molecule has 1 aliphatic carbocycles. The van der Waals surface area contributed by atoms with Crippen LogP contribution in [0.15, 0.2) is 53.5 Å². The van der Waals surface area contributed by atoms with Gasteiger partial charge in [0.1, 0.15) is 11.4 Å². The van der Waals surface area contributed by atoms with Crippen LogP contribution < -0.4 is 20.7 Å². The molecule has 2 aromatic carbocycles. The molecule has 0 bridgehead atoms. The van der Waals surface area contributed by atoms with Gasteiger partial charge in [-0.1, -0.05) is 30.3 Å². The Morgan fingerprint density at radius 2 is 1.94 bits per heavy atom. The standard InChI is InChI=1S/C26H34N4O2.HI/c1-3-28-25(29-16-13-19-9-8-10-20(17-19)24(31)27-2)30-22-18-26(14-6-7-15-26)32-23-12-5-4-11-21(22)23;/h4-5,8-12,17,22H,3,6-7,13-16,18H2,1-2H3,(H,27,31)(H2,28,29,30);1H. The first-order chi connectivity index (χ1) is 15.6. The fourth-order valence-electron chi connectivity index (χ4n) is 4.87. The van der Waals surface area contributed by atoms with Crippen molar-refractivity contribution in [2.75, 3.05) is 20.1 Å². The van der Waals surface area contributed by atoms with Crippen LogP contribution in [0, 0.1) is 0 Å². The number of carbonyl (C=O) groups excluding carboxylic acids is 1. The van der Waals surface area contributed by atoms with Crippen LogP contribution >= 0.6 is 24.0 Å². The van der Waals surface area contributed by atoms with Crippen molar-refractivity contribution < 1.29 is 9.53 Å². The number of hydrogen-bond acceptors (Lipinski definition) is 3. The largest absolute Gasteiger partial charge is 0.487 e. The number of carbonyl (C=O) groups is 1. The average molecular weight is 562 g/mol. The van der Waals surface area contributed by atoms with Gasteiger partial charge in [0.15, 0.2) is 5.96 Å². The van der Waals surface area contributed by atoms with E-state index in [9.17, 15) is 4.79 Å². The highest BCUT2D eigenvalue weighted by molar-refractivity contribution is 14.0. The summed E-state index contributed by atoms with van der Waals surface area (Å²) in [4.78, 5) is 16.7. The highest BCUT2D eigenvalue weighted by Crippen LogP contribution is 2.46. The van der Waals surface area contributed by atoms with Crippen LogP contribution in [-0.2, 0) is 6.42 Å². The summed E-state index contributed by atoms with van der Waals surface area (Å²) < 4.78 is 6.50. The van der Waals surface area contributed by atoms with E-state index in [0.29, 0.717) is 12.1 Å². The summed E-state index contributed by atoms with van der Waals surface area (Å²) in [5.74, 6) is 1.76. The SMILES string of the molecule is CCNC(=NCCc1cccc(C(=O)NC)c1)NC1CC2(CCCC2)Oc2ccccc21.I. The molecule has 0 saturated heterocycles. The average Bonchev–Trinajstić information content (AvgIpc) is 3.26. The molecule has 1 amide bonds. The first-order valence-corrected chi connectivity index (χ1v) is 11.8. The van der Waals surface area contributed by atoms with Gasteiger partial charge in [-0.15, -0.1) is 24.0 Å². The second-order valence-electron chi connectivity index (χ2n) is 8.72. The molecule has 33 heavy (non-hydrogen) atoms. The van der Waals surface area contributed by atoms with Crippen LogP contribution in [0.3, 0.4) is 0 Å². The lowest BCUT2D eigenvalue weighted by Gasteiger charge is -2.40. The molecule has 3 N–H and O–H groups in total. The predicted octanol–water partition coefficient (Wildman–Crippen LogP) is 4.60. The molecule has 6 nitrogen and oxygen atoms in total. The van der Waals surface area contributed by atoms with Crippen molar-refractivity contribution in [3.8, 4) is 5.75 Å². The number of para-hydroxylation sites is 1. The molecule has 1 saturated carbocycles. The zero-order valence-electron chi connectivity index (χ0n) is 19.5. The van der Waals surface area contributed by atoms with Crippen molar-refractivity contribution in [2.45, 2.75) is 57.1 Å². The number of benzene rings is 2. The number of guanidine groups is 1. The molecule has 1 spiro atoms. The lowest BCUT2D eigenvalue weighted by molar-refractivity contribution is 0.0396. The maximum atomic E-state index is 11.9. The molecule has 178 valence electrons. The number of hydrogen-bond donors (Lipinski definition) is 3. The van der Waals surface area contributed by atoms with E-state index in [0.717, 1.165) is 49.5 Å².